The summed E-state index contributed by atoms with van der Waals surface area (Å²) in [5.41, 5.74) is 1.19. The van der Waals surface area contributed by atoms with Gasteiger partial charge in [0.2, 0.25) is 5.91 Å². The molecule has 0 aliphatic heterocycles. The van der Waals surface area contributed by atoms with E-state index in [4.69, 9.17) is 0 Å². The van der Waals surface area contributed by atoms with Crippen molar-refractivity contribution in [3.05, 3.63) is 53.4 Å². The van der Waals surface area contributed by atoms with Gasteiger partial charge < -0.3 is 14.8 Å². The number of carbonyl (C=O) groups is 1. The highest BCUT2D eigenvalue weighted by Gasteiger charge is 2.17. The summed E-state index contributed by atoms with van der Waals surface area (Å²) in [4.78, 5) is 15.6. The minimum atomic E-state index is -0.00360. The standard InChI is InChI=1S/C20H25N5OS2/c1-4-25-19(17-11-8-12-27-17)22-23-20(25)28-14-18(26)21-13-16(24(2)3)15-9-6-5-7-10-15/h5-12,16H,4,13-14H2,1-3H3,(H,21,26). The van der Waals surface area contributed by atoms with Gasteiger partial charge in [-0.15, -0.1) is 21.5 Å². The predicted octanol–water partition coefficient (Wildman–Crippen LogP) is 3.54. The number of hydrogen-bond acceptors (Lipinski definition) is 6. The van der Waals surface area contributed by atoms with Crippen LogP contribution < -0.4 is 5.32 Å². The second-order valence-electron chi connectivity index (χ2n) is 6.51. The van der Waals surface area contributed by atoms with Crippen molar-refractivity contribution in [3.63, 3.8) is 0 Å². The maximum Gasteiger partial charge on any atom is 0.230 e. The Hall–Kier alpha value is -2.16. The van der Waals surface area contributed by atoms with Gasteiger partial charge in [-0.2, -0.15) is 0 Å². The van der Waals surface area contributed by atoms with Crippen molar-refractivity contribution in [1.29, 1.82) is 0 Å². The quantitative estimate of drug-likeness (QED) is 0.542. The number of rotatable bonds is 9. The van der Waals surface area contributed by atoms with Crippen molar-refractivity contribution in [3.8, 4) is 10.7 Å². The number of carbonyl (C=O) groups excluding carboxylic acids is 1. The van der Waals surface area contributed by atoms with Crippen LogP contribution in [0, 0.1) is 0 Å². The van der Waals surface area contributed by atoms with E-state index in [0.29, 0.717) is 12.3 Å². The molecule has 0 aliphatic carbocycles. The second-order valence-corrected chi connectivity index (χ2v) is 8.40. The van der Waals surface area contributed by atoms with Gasteiger partial charge in [0.15, 0.2) is 11.0 Å². The van der Waals surface area contributed by atoms with E-state index >= 15 is 0 Å². The van der Waals surface area contributed by atoms with E-state index < -0.39 is 0 Å². The minimum Gasteiger partial charge on any atom is -0.353 e. The van der Waals surface area contributed by atoms with Crippen molar-refractivity contribution >= 4 is 29.0 Å². The first-order chi connectivity index (χ1) is 13.6. The number of hydrogen-bond donors (Lipinski definition) is 1. The molecule has 8 heteroatoms. The molecule has 28 heavy (non-hydrogen) atoms. The third-order valence-electron chi connectivity index (χ3n) is 4.41. The summed E-state index contributed by atoms with van der Waals surface area (Å²) in [6.07, 6.45) is 0. The zero-order valence-corrected chi connectivity index (χ0v) is 18.0. The van der Waals surface area contributed by atoms with Crippen LogP contribution in [0.5, 0.6) is 0 Å². The van der Waals surface area contributed by atoms with E-state index in [2.05, 4.69) is 44.0 Å². The fourth-order valence-electron chi connectivity index (χ4n) is 2.93. The maximum atomic E-state index is 12.4. The number of thiophene rings is 1. The van der Waals surface area contributed by atoms with Crippen LogP contribution in [0.25, 0.3) is 10.7 Å². The summed E-state index contributed by atoms with van der Waals surface area (Å²) in [5.74, 6) is 1.17. The SMILES string of the molecule is CCn1c(SCC(=O)NCC(c2ccccc2)N(C)C)nnc1-c1cccs1. The molecule has 3 aromatic rings. The molecule has 3 rings (SSSR count). The van der Waals surface area contributed by atoms with Crippen LogP contribution in [0.3, 0.4) is 0 Å². The molecular weight excluding hydrogens is 390 g/mol. The highest BCUT2D eigenvalue weighted by Crippen LogP contribution is 2.27. The van der Waals surface area contributed by atoms with E-state index in [1.165, 1.54) is 17.3 Å². The van der Waals surface area contributed by atoms with Gasteiger partial charge in [-0.05, 0) is 38.0 Å². The molecule has 0 fully saturated rings. The number of nitrogens with one attached hydrogen (secondary N) is 1. The number of benzene rings is 1. The van der Waals surface area contributed by atoms with Gasteiger partial charge in [0, 0.05) is 13.1 Å². The number of nitrogens with zero attached hydrogens (tertiary/aromatic N) is 4. The summed E-state index contributed by atoms with van der Waals surface area (Å²) in [6, 6.07) is 14.4. The first-order valence-electron chi connectivity index (χ1n) is 9.18. The summed E-state index contributed by atoms with van der Waals surface area (Å²) >= 11 is 3.06. The number of amides is 1. The van der Waals surface area contributed by atoms with Crippen LogP contribution in [-0.4, -0.2) is 52.0 Å². The van der Waals surface area contributed by atoms with Crippen molar-refractivity contribution in [2.45, 2.75) is 24.7 Å². The summed E-state index contributed by atoms with van der Waals surface area (Å²) in [7, 11) is 4.04. The van der Waals surface area contributed by atoms with Gasteiger partial charge in [-0.25, -0.2) is 0 Å². The molecule has 1 amide bonds. The number of aromatic nitrogens is 3. The molecule has 2 aromatic heterocycles. The Morgan fingerprint density at radius 2 is 2.00 bits per heavy atom. The Balaban J connectivity index is 1.57. The lowest BCUT2D eigenvalue weighted by molar-refractivity contribution is -0.118. The van der Waals surface area contributed by atoms with E-state index in [1.807, 2.05) is 49.8 Å². The fourth-order valence-corrected chi connectivity index (χ4v) is 4.48. The van der Waals surface area contributed by atoms with Gasteiger partial charge in [-0.1, -0.05) is 48.2 Å². The number of likely N-dealkylation sites (N-methyl/N-ethyl adjacent to an activating group) is 1. The summed E-state index contributed by atoms with van der Waals surface area (Å²) in [5, 5.41) is 14.4. The van der Waals surface area contributed by atoms with Gasteiger partial charge in [-0.3, -0.25) is 4.79 Å². The first kappa shape index (κ1) is 20.6. The normalized spacial score (nSPS) is 12.3. The molecule has 0 saturated carbocycles. The molecule has 1 N–H and O–H groups in total. The molecule has 1 atom stereocenters. The number of thioether (sulfide) groups is 1. The molecule has 0 spiro atoms. The third-order valence-corrected chi connectivity index (χ3v) is 6.24. The third kappa shape index (κ3) is 5.01. The van der Waals surface area contributed by atoms with Crippen molar-refractivity contribution in [2.75, 3.05) is 26.4 Å². The molecule has 1 aromatic carbocycles. The van der Waals surface area contributed by atoms with E-state index in [1.54, 1.807) is 11.3 Å². The Bertz CT molecular complexity index is 877. The Morgan fingerprint density at radius 1 is 1.21 bits per heavy atom. The van der Waals surface area contributed by atoms with Crippen LogP contribution in [0.1, 0.15) is 18.5 Å². The molecule has 2 heterocycles. The molecular formula is C20H25N5OS2. The monoisotopic (exact) mass is 415 g/mol. The Kier molecular flexibility index (Phi) is 7.24. The molecule has 148 valence electrons. The zero-order chi connectivity index (χ0) is 19.9. The lowest BCUT2D eigenvalue weighted by Gasteiger charge is -2.25. The molecule has 0 bridgehead atoms. The highest BCUT2D eigenvalue weighted by atomic mass is 32.2. The van der Waals surface area contributed by atoms with Gasteiger partial charge in [0.25, 0.3) is 0 Å². The second kappa shape index (κ2) is 9.86. The maximum absolute atomic E-state index is 12.4. The first-order valence-corrected chi connectivity index (χ1v) is 11.0. The van der Waals surface area contributed by atoms with E-state index in [-0.39, 0.29) is 11.9 Å². The highest BCUT2D eigenvalue weighted by molar-refractivity contribution is 7.99. The lowest BCUT2D eigenvalue weighted by atomic mass is 10.1. The van der Waals surface area contributed by atoms with Crippen LogP contribution in [0.2, 0.25) is 0 Å². The van der Waals surface area contributed by atoms with Gasteiger partial charge >= 0.3 is 0 Å². The molecule has 0 aliphatic rings. The van der Waals surface area contributed by atoms with Gasteiger partial charge in [0.1, 0.15) is 0 Å². The van der Waals surface area contributed by atoms with Crippen molar-refractivity contribution in [1.82, 2.24) is 25.0 Å². The van der Waals surface area contributed by atoms with Crippen LogP contribution in [0.15, 0.2) is 53.0 Å². The predicted molar refractivity (Wildman–Crippen MR) is 116 cm³/mol. The van der Waals surface area contributed by atoms with Crippen molar-refractivity contribution in [2.24, 2.45) is 0 Å². The molecule has 0 radical (unpaired) electrons. The smallest absolute Gasteiger partial charge is 0.230 e. The molecule has 0 saturated heterocycles. The van der Waals surface area contributed by atoms with E-state index in [0.717, 1.165) is 22.4 Å². The minimum absolute atomic E-state index is 0.00360. The largest absolute Gasteiger partial charge is 0.353 e. The van der Waals surface area contributed by atoms with Crippen LogP contribution in [-0.2, 0) is 11.3 Å². The summed E-state index contributed by atoms with van der Waals surface area (Å²) < 4.78 is 2.05. The van der Waals surface area contributed by atoms with Crippen molar-refractivity contribution < 1.29 is 4.79 Å². The average molecular weight is 416 g/mol. The fraction of sp³-hybridized carbons (Fsp3) is 0.350. The van der Waals surface area contributed by atoms with Crippen LogP contribution >= 0.6 is 23.1 Å². The lowest BCUT2D eigenvalue weighted by Crippen LogP contribution is -2.35. The Labute approximate surface area is 174 Å². The van der Waals surface area contributed by atoms with Gasteiger partial charge in [0.05, 0.1) is 16.7 Å². The zero-order valence-electron chi connectivity index (χ0n) is 16.3. The molecule has 6 nitrogen and oxygen atoms in total. The molecule has 1 unspecified atom stereocenters. The summed E-state index contributed by atoms with van der Waals surface area (Å²) in [6.45, 7) is 3.39. The topological polar surface area (TPSA) is 63.1 Å². The van der Waals surface area contributed by atoms with E-state index in [9.17, 15) is 4.79 Å². The Morgan fingerprint density at radius 3 is 2.64 bits per heavy atom. The van der Waals surface area contributed by atoms with Crippen LogP contribution in [0.4, 0.5) is 0 Å². The average Bonchev–Trinajstić information content (AvgIpc) is 3.36.